The van der Waals surface area contributed by atoms with Gasteiger partial charge in [-0.3, -0.25) is 19.7 Å². The highest BCUT2D eigenvalue weighted by Gasteiger charge is 2.22. The van der Waals surface area contributed by atoms with Gasteiger partial charge < -0.3 is 10.1 Å². The first-order chi connectivity index (χ1) is 11.5. The van der Waals surface area contributed by atoms with Gasteiger partial charge in [-0.25, -0.2) is 0 Å². The summed E-state index contributed by atoms with van der Waals surface area (Å²) < 4.78 is 5.15. The summed E-state index contributed by atoms with van der Waals surface area (Å²) in [7, 11) is 0. The molecule has 0 atom stereocenters. The molecule has 1 saturated carbocycles. The fraction of sp³-hybridized carbons (Fsp3) is 0.529. The Hall–Kier alpha value is -2.44. The fourth-order valence-corrected chi connectivity index (χ4v) is 2.94. The zero-order chi connectivity index (χ0) is 17.5. The molecule has 1 aromatic carbocycles. The number of carbonyl (C=O) groups is 2. The molecule has 0 spiro atoms. The number of amides is 1. The largest absolute Gasteiger partial charge is 0.419 e. The molecular formula is C17H22N2O5. The molecule has 1 amide bonds. The van der Waals surface area contributed by atoms with Gasteiger partial charge in [0.2, 0.25) is 5.75 Å². The van der Waals surface area contributed by atoms with Crippen molar-refractivity contribution in [2.75, 3.05) is 6.54 Å². The highest BCUT2D eigenvalue weighted by molar-refractivity contribution is 5.95. The molecule has 130 valence electrons. The van der Waals surface area contributed by atoms with Crippen molar-refractivity contribution < 1.29 is 19.2 Å². The third-order valence-electron chi connectivity index (χ3n) is 4.21. The molecule has 24 heavy (non-hydrogen) atoms. The average molecular weight is 334 g/mol. The molecular weight excluding hydrogens is 312 g/mol. The summed E-state index contributed by atoms with van der Waals surface area (Å²) in [5.74, 6) is -0.451. The highest BCUT2D eigenvalue weighted by atomic mass is 16.6. The number of rotatable bonds is 7. The van der Waals surface area contributed by atoms with Gasteiger partial charge in [0.15, 0.2) is 0 Å². The van der Waals surface area contributed by atoms with Crippen molar-refractivity contribution in [3.05, 3.63) is 33.9 Å². The van der Waals surface area contributed by atoms with Crippen LogP contribution >= 0.6 is 0 Å². The molecule has 0 saturated heterocycles. The third kappa shape index (κ3) is 4.78. The Morgan fingerprint density at radius 1 is 1.33 bits per heavy atom. The lowest BCUT2D eigenvalue weighted by Gasteiger charge is -2.09. The SMILES string of the molecule is CCNC(=O)c1ccc(OC(=O)CCC2CCCC2)c([N+](=O)[O-])c1. The Labute approximate surface area is 140 Å². The minimum atomic E-state index is -0.650. The standard InChI is InChI=1S/C17H22N2O5/c1-2-18-17(21)13-8-9-15(14(11-13)19(22)23)24-16(20)10-7-12-5-3-4-6-12/h8-9,11-12H,2-7,10H2,1H3,(H,18,21). The second-order valence-electron chi connectivity index (χ2n) is 5.96. The number of ether oxygens (including phenoxy) is 1. The van der Waals surface area contributed by atoms with Crippen molar-refractivity contribution in [2.45, 2.75) is 45.4 Å². The van der Waals surface area contributed by atoms with Crippen molar-refractivity contribution in [1.82, 2.24) is 5.32 Å². The molecule has 0 bridgehead atoms. The molecule has 1 aliphatic rings. The van der Waals surface area contributed by atoms with Gasteiger partial charge in [-0.15, -0.1) is 0 Å². The van der Waals surface area contributed by atoms with Gasteiger partial charge in [-0.1, -0.05) is 25.7 Å². The number of nitrogens with zero attached hydrogens (tertiary/aromatic N) is 1. The maximum absolute atomic E-state index is 11.9. The lowest BCUT2D eigenvalue weighted by Crippen LogP contribution is -2.22. The summed E-state index contributed by atoms with van der Waals surface area (Å²) >= 11 is 0. The van der Waals surface area contributed by atoms with Gasteiger partial charge in [0.05, 0.1) is 4.92 Å². The lowest BCUT2D eigenvalue weighted by molar-refractivity contribution is -0.385. The Morgan fingerprint density at radius 2 is 2.04 bits per heavy atom. The minimum Gasteiger partial charge on any atom is -0.419 e. The molecule has 1 aliphatic carbocycles. The average Bonchev–Trinajstić information content (AvgIpc) is 3.06. The van der Waals surface area contributed by atoms with Crippen molar-refractivity contribution in [1.29, 1.82) is 0 Å². The van der Waals surface area contributed by atoms with E-state index in [1.807, 2.05) is 0 Å². The smallest absolute Gasteiger partial charge is 0.312 e. The van der Waals surface area contributed by atoms with Crippen LogP contribution in [-0.4, -0.2) is 23.3 Å². The number of nitrogens with one attached hydrogen (secondary N) is 1. The number of hydrogen-bond acceptors (Lipinski definition) is 5. The predicted octanol–water partition coefficient (Wildman–Crippen LogP) is 3.22. The minimum absolute atomic E-state index is 0.121. The zero-order valence-electron chi connectivity index (χ0n) is 13.7. The van der Waals surface area contributed by atoms with Gasteiger partial charge in [0.1, 0.15) is 0 Å². The van der Waals surface area contributed by atoms with Crippen LogP contribution in [0.2, 0.25) is 0 Å². The molecule has 0 aliphatic heterocycles. The van der Waals surface area contributed by atoms with E-state index in [0.717, 1.165) is 25.3 Å². The van der Waals surface area contributed by atoms with E-state index in [4.69, 9.17) is 4.74 Å². The number of nitro benzene ring substituents is 1. The Kier molecular flexibility index (Phi) is 6.28. The molecule has 1 N–H and O–H groups in total. The van der Waals surface area contributed by atoms with Crippen LogP contribution in [0.4, 0.5) is 5.69 Å². The third-order valence-corrected chi connectivity index (χ3v) is 4.21. The van der Waals surface area contributed by atoms with E-state index in [9.17, 15) is 19.7 Å². The van der Waals surface area contributed by atoms with Gasteiger partial charge in [-0.05, 0) is 31.4 Å². The van der Waals surface area contributed by atoms with Crippen LogP contribution in [-0.2, 0) is 4.79 Å². The topological polar surface area (TPSA) is 98.5 Å². The van der Waals surface area contributed by atoms with E-state index in [1.165, 1.54) is 25.0 Å². The van der Waals surface area contributed by atoms with E-state index in [2.05, 4.69) is 5.32 Å². The molecule has 7 nitrogen and oxygen atoms in total. The number of hydrogen-bond donors (Lipinski definition) is 1. The van der Waals surface area contributed by atoms with Crippen LogP contribution in [0.5, 0.6) is 5.75 Å². The van der Waals surface area contributed by atoms with E-state index >= 15 is 0 Å². The normalized spacial score (nSPS) is 14.4. The Morgan fingerprint density at radius 3 is 2.67 bits per heavy atom. The summed E-state index contributed by atoms with van der Waals surface area (Å²) in [5, 5.41) is 13.8. The van der Waals surface area contributed by atoms with Crippen LogP contribution in [0, 0.1) is 16.0 Å². The fourth-order valence-electron chi connectivity index (χ4n) is 2.94. The second kappa shape index (κ2) is 8.42. The molecule has 1 fully saturated rings. The van der Waals surface area contributed by atoms with E-state index in [0.29, 0.717) is 12.5 Å². The van der Waals surface area contributed by atoms with E-state index < -0.39 is 16.8 Å². The summed E-state index contributed by atoms with van der Waals surface area (Å²) in [5.41, 5.74) is -0.220. The van der Waals surface area contributed by atoms with E-state index in [1.54, 1.807) is 6.92 Å². The molecule has 2 rings (SSSR count). The van der Waals surface area contributed by atoms with Crippen molar-refractivity contribution in [3.8, 4) is 5.75 Å². The first kappa shape index (κ1) is 17.9. The van der Waals surface area contributed by atoms with Crippen molar-refractivity contribution in [3.63, 3.8) is 0 Å². The summed E-state index contributed by atoms with van der Waals surface area (Å²) in [6.45, 7) is 2.18. The molecule has 1 aromatic rings. The molecule has 0 heterocycles. The van der Waals surface area contributed by atoms with Gasteiger partial charge in [0, 0.05) is 24.6 Å². The van der Waals surface area contributed by atoms with Crippen LogP contribution in [0.3, 0.4) is 0 Å². The second-order valence-corrected chi connectivity index (χ2v) is 5.96. The van der Waals surface area contributed by atoms with Crippen LogP contribution in [0.25, 0.3) is 0 Å². The maximum Gasteiger partial charge on any atom is 0.312 e. The molecule has 7 heteroatoms. The zero-order valence-corrected chi connectivity index (χ0v) is 13.7. The molecule has 0 radical (unpaired) electrons. The van der Waals surface area contributed by atoms with Crippen LogP contribution in [0.15, 0.2) is 18.2 Å². The maximum atomic E-state index is 11.9. The monoisotopic (exact) mass is 334 g/mol. The number of nitro groups is 1. The Bertz CT molecular complexity index is 623. The first-order valence-electron chi connectivity index (χ1n) is 8.28. The van der Waals surface area contributed by atoms with Gasteiger partial charge in [0.25, 0.3) is 5.91 Å². The highest BCUT2D eigenvalue weighted by Crippen LogP contribution is 2.30. The van der Waals surface area contributed by atoms with Crippen molar-refractivity contribution in [2.24, 2.45) is 5.92 Å². The molecule has 0 aromatic heterocycles. The number of esters is 1. The quantitative estimate of drug-likeness (QED) is 0.357. The van der Waals surface area contributed by atoms with Crippen LogP contribution in [0.1, 0.15) is 55.8 Å². The summed E-state index contributed by atoms with van der Waals surface area (Å²) in [6, 6.07) is 3.85. The first-order valence-corrected chi connectivity index (χ1v) is 8.28. The predicted molar refractivity (Wildman–Crippen MR) is 87.9 cm³/mol. The number of benzene rings is 1. The van der Waals surface area contributed by atoms with Crippen LogP contribution < -0.4 is 10.1 Å². The summed E-state index contributed by atoms with van der Waals surface area (Å²) in [4.78, 5) is 34.2. The van der Waals surface area contributed by atoms with E-state index in [-0.39, 0.29) is 23.4 Å². The molecule has 0 unspecified atom stereocenters. The Balaban J connectivity index is 2.03. The summed E-state index contributed by atoms with van der Waals surface area (Å²) in [6.07, 6.45) is 5.67. The van der Waals surface area contributed by atoms with Gasteiger partial charge >= 0.3 is 11.7 Å². The lowest BCUT2D eigenvalue weighted by atomic mass is 10.0. The number of carbonyl (C=O) groups excluding carboxylic acids is 2. The van der Waals surface area contributed by atoms with Crippen molar-refractivity contribution >= 4 is 17.6 Å². The van der Waals surface area contributed by atoms with Gasteiger partial charge in [-0.2, -0.15) is 0 Å².